The average molecular weight is 393 g/mol. The third-order valence-electron chi connectivity index (χ3n) is 3.93. The Kier molecular flexibility index (Phi) is 4.11. The maximum Gasteiger partial charge on any atom is 0.278 e. The number of anilines is 1. The Morgan fingerprint density at radius 3 is 2.48 bits per heavy atom. The summed E-state index contributed by atoms with van der Waals surface area (Å²) in [4.78, 5) is 27.5. The molecule has 0 fully saturated rings. The van der Waals surface area contributed by atoms with E-state index in [1.165, 1.54) is 0 Å². The summed E-state index contributed by atoms with van der Waals surface area (Å²) in [6, 6.07) is 16.8. The largest absolute Gasteiger partial charge is 0.290 e. The number of carbonyl (C=O) groups is 1. The molecular weight excluding hydrogens is 380 g/mol. The van der Waals surface area contributed by atoms with Crippen LogP contribution in [-0.2, 0) is 6.54 Å². The maximum absolute atomic E-state index is 12.6. The molecule has 5 nitrogen and oxygen atoms in total. The van der Waals surface area contributed by atoms with Crippen LogP contribution in [0.3, 0.4) is 0 Å². The number of halogens is 1. The van der Waals surface area contributed by atoms with Gasteiger partial charge in [0.1, 0.15) is 5.84 Å². The number of amides is 1. The highest BCUT2D eigenvalue weighted by molar-refractivity contribution is 9.10. The zero-order chi connectivity index (χ0) is 17.2. The van der Waals surface area contributed by atoms with Crippen LogP contribution >= 0.6 is 15.9 Å². The lowest BCUT2D eigenvalue weighted by molar-refractivity contribution is 0.100. The monoisotopic (exact) mass is 392 g/mol. The fourth-order valence-electron chi connectivity index (χ4n) is 2.74. The van der Waals surface area contributed by atoms with Crippen molar-refractivity contribution >= 4 is 33.6 Å². The Bertz CT molecular complexity index is 955. The molecule has 0 saturated heterocycles. The van der Waals surface area contributed by atoms with E-state index in [-0.39, 0.29) is 5.91 Å². The molecule has 0 saturated carbocycles. The van der Waals surface area contributed by atoms with E-state index < -0.39 is 0 Å². The number of amidine groups is 1. The molecule has 3 aromatic rings. The van der Waals surface area contributed by atoms with E-state index in [0.717, 1.165) is 15.6 Å². The normalized spacial score (nSPS) is 14.6. The molecule has 2 heterocycles. The van der Waals surface area contributed by atoms with Crippen LogP contribution in [0.25, 0.3) is 0 Å². The van der Waals surface area contributed by atoms with Gasteiger partial charge in [0.2, 0.25) is 5.95 Å². The third kappa shape index (κ3) is 3.08. The van der Waals surface area contributed by atoms with E-state index in [4.69, 9.17) is 0 Å². The van der Waals surface area contributed by atoms with Crippen molar-refractivity contribution < 1.29 is 4.79 Å². The van der Waals surface area contributed by atoms with Crippen molar-refractivity contribution in [2.24, 2.45) is 4.99 Å². The van der Waals surface area contributed by atoms with Gasteiger partial charge >= 0.3 is 0 Å². The quantitative estimate of drug-likeness (QED) is 0.664. The molecule has 0 N–H and O–H groups in total. The van der Waals surface area contributed by atoms with Gasteiger partial charge in [-0.2, -0.15) is 4.99 Å². The van der Waals surface area contributed by atoms with E-state index in [9.17, 15) is 4.79 Å². The molecule has 1 amide bonds. The van der Waals surface area contributed by atoms with Gasteiger partial charge in [0, 0.05) is 28.0 Å². The van der Waals surface area contributed by atoms with E-state index in [1.54, 1.807) is 30.6 Å². The molecule has 6 heteroatoms. The lowest BCUT2D eigenvalue weighted by Crippen LogP contribution is -2.27. The number of hydrogen-bond donors (Lipinski definition) is 0. The number of aliphatic imine (C=N–C) groups is 1. The standard InChI is InChI=1S/C19H13BrN4O/c20-15-8-6-13(7-9-15)18(25)23-17-16-5-2-1-4-14(16)12-24(17)19-21-10-3-11-22-19/h1-11H,12H2. The first-order valence-electron chi connectivity index (χ1n) is 7.74. The molecule has 4 rings (SSSR count). The number of aromatic nitrogens is 2. The minimum atomic E-state index is -0.292. The molecule has 0 unspecified atom stereocenters. The van der Waals surface area contributed by atoms with Crippen LogP contribution in [0.5, 0.6) is 0 Å². The van der Waals surface area contributed by atoms with Gasteiger partial charge in [-0.05, 0) is 35.9 Å². The molecular formula is C19H13BrN4O. The highest BCUT2D eigenvalue weighted by Crippen LogP contribution is 2.26. The molecule has 0 bridgehead atoms. The van der Waals surface area contributed by atoms with Crippen LogP contribution in [0, 0.1) is 0 Å². The van der Waals surface area contributed by atoms with E-state index in [0.29, 0.717) is 23.9 Å². The first-order chi connectivity index (χ1) is 12.2. The van der Waals surface area contributed by atoms with Gasteiger partial charge < -0.3 is 0 Å². The van der Waals surface area contributed by atoms with Crippen molar-refractivity contribution in [1.29, 1.82) is 0 Å². The molecule has 0 radical (unpaired) electrons. The summed E-state index contributed by atoms with van der Waals surface area (Å²) in [6.07, 6.45) is 3.36. The molecule has 0 aliphatic carbocycles. The SMILES string of the molecule is O=C(N=C1c2ccccc2CN1c1ncccn1)c1ccc(Br)cc1. The lowest BCUT2D eigenvalue weighted by atomic mass is 10.1. The van der Waals surface area contributed by atoms with Crippen LogP contribution < -0.4 is 4.90 Å². The molecule has 1 aromatic heterocycles. The zero-order valence-electron chi connectivity index (χ0n) is 13.1. The summed E-state index contributed by atoms with van der Waals surface area (Å²) in [6.45, 7) is 0.590. The van der Waals surface area contributed by atoms with Gasteiger partial charge in [0.05, 0.1) is 6.54 Å². The van der Waals surface area contributed by atoms with Gasteiger partial charge in [-0.15, -0.1) is 0 Å². The summed E-state index contributed by atoms with van der Waals surface area (Å²) >= 11 is 3.37. The number of fused-ring (bicyclic) bond motifs is 1. The fourth-order valence-corrected chi connectivity index (χ4v) is 3.00. The van der Waals surface area contributed by atoms with Crippen LogP contribution in [-0.4, -0.2) is 21.7 Å². The Morgan fingerprint density at radius 1 is 1.00 bits per heavy atom. The van der Waals surface area contributed by atoms with Crippen molar-refractivity contribution in [1.82, 2.24) is 9.97 Å². The summed E-state index contributed by atoms with van der Waals surface area (Å²) in [7, 11) is 0. The number of nitrogens with zero attached hydrogens (tertiary/aromatic N) is 4. The smallest absolute Gasteiger partial charge is 0.278 e. The minimum absolute atomic E-state index is 0.292. The van der Waals surface area contributed by atoms with Crippen molar-refractivity contribution in [2.75, 3.05) is 4.90 Å². The summed E-state index contributed by atoms with van der Waals surface area (Å²) in [5.41, 5.74) is 2.56. The van der Waals surface area contributed by atoms with Crippen molar-refractivity contribution in [3.05, 3.63) is 88.2 Å². The second kappa shape index (κ2) is 6.57. The molecule has 0 atom stereocenters. The van der Waals surface area contributed by atoms with Crippen molar-refractivity contribution in [3.63, 3.8) is 0 Å². The summed E-state index contributed by atoms with van der Waals surface area (Å²) in [5.74, 6) is 0.816. The predicted molar refractivity (Wildman–Crippen MR) is 99.7 cm³/mol. The second-order valence-electron chi connectivity index (χ2n) is 5.54. The van der Waals surface area contributed by atoms with Gasteiger partial charge in [0.15, 0.2) is 0 Å². The van der Waals surface area contributed by atoms with Crippen molar-refractivity contribution in [3.8, 4) is 0 Å². The highest BCUT2D eigenvalue weighted by atomic mass is 79.9. The first-order valence-corrected chi connectivity index (χ1v) is 8.53. The van der Waals surface area contributed by atoms with Crippen molar-refractivity contribution in [2.45, 2.75) is 6.54 Å². The summed E-state index contributed by atoms with van der Waals surface area (Å²) in [5, 5.41) is 0. The number of hydrogen-bond acceptors (Lipinski definition) is 3. The zero-order valence-corrected chi connectivity index (χ0v) is 14.7. The molecule has 1 aliphatic rings. The van der Waals surface area contributed by atoms with Crippen LogP contribution in [0.2, 0.25) is 0 Å². The number of rotatable bonds is 2. The first kappa shape index (κ1) is 15.7. The third-order valence-corrected chi connectivity index (χ3v) is 4.46. The molecule has 25 heavy (non-hydrogen) atoms. The molecule has 1 aliphatic heterocycles. The Hall–Kier alpha value is -2.86. The lowest BCUT2D eigenvalue weighted by Gasteiger charge is -2.16. The Labute approximate surface area is 153 Å². The fraction of sp³-hybridized carbons (Fsp3) is 0.0526. The van der Waals surface area contributed by atoms with E-state index in [1.807, 2.05) is 41.3 Å². The average Bonchev–Trinajstić information content (AvgIpc) is 3.02. The topological polar surface area (TPSA) is 58.5 Å². The van der Waals surface area contributed by atoms with Crippen LogP contribution in [0.1, 0.15) is 21.5 Å². The van der Waals surface area contributed by atoms with Gasteiger partial charge in [-0.1, -0.05) is 40.2 Å². The van der Waals surface area contributed by atoms with E-state index in [2.05, 4.69) is 30.9 Å². The predicted octanol–water partition coefficient (Wildman–Crippen LogP) is 3.85. The Balaban J connectivity index is 1.77. The Morgan fingerprint density at radius 2 is 1.72 bits per heavy atom. The minimum Gasteiger partial charge on any atom is -0.290 e. The second-order valence-corrected chi connectivity index (χ2v) is 6.46. The molecule has 0 spiro atoms. The maximum atomic E-state index is 12.6. The van der Waals surface area contributed by atoms with E-state index >= 15 is 0 Å². The number of carbonyl (C=O) groups excluding carboxylic acids is 1. The van der Waals surface area contributed by atoms with Crippen LogP contribution in [0.15, 0.2) is 76.5 Å². The highest BCUT2D eigenvalue weighted by Gasteiger charge is 2.28. The van der Waals surface area contributed by atoms with Crippen LogP contribution in [0.4, 0.5) is 5.95 Å². The van der Waals surface area contributed by atoms with Gasteiger partial charge in [-0.3, -0.25) is 9.69 Å². The number of benzene rings is 2. The molecule has 2 aromatic carbocycles. The molecule has 122 valence electrons. The van der Waals surface area contributed by atoms with Gasteiger partial charge in [0.25, 0.3) is 5.91 Å². The van der Waals surface area contributed by atoms with Gasteiger partial charge in [-0.25, -0.2) is 9.97 Å². The summed E-state index contributed by atoms with van der Waals surface area (Å²) < 4.78 is 0.919.